The molecule has 0 aliphatic carbocycles. The Bertz CT molecular complexity index is 748. The van der Waals surface area contributed by atoms with E-state index in [4.69, 9.17) is 14.9 Å². The summed E-state index contributed by atoms with van der Waals surface area (Å²) in [6.45, 7) is 2.28. The number of fused-ring (bicyclic) bond motifs is 1. The Morgan fingerprint density at radius 2 is 2.25 bits per heavy atom. The van der Waals surface area contributed by atoms with Crippen LogP contribution in [0.5, 0.6) is 5.75 Å². The number of H-pyrrole nitrogens is 1. The van der Waals surface area contributed by atoms with Crippen LogP contribution in [-0.2, 0) is 13.2 Å². The van der Waals surface area contributed by atoms with Crippen LogP contribution in [0.25, 0.3) is 10.9 Å². The van der Waals surface area contributed by atoms with Crippen LogP contribution < -0.4 is 10.5 Å². The van der Waals surface area contributed by atoms with Crippen LogP contribution in [0.3, 0.4) is 0 Å². The number of aryl methyl sites for hydroxylation is 1. The van der Waals surface area contributed by atoms with E-state index in [9.17, 15) is 4.39 Å². The van der Waals surface area contributed by atoms with Crippen LogP contribution >= 0.6 is 0 Å². The summed E-state index contributed by atoms with van der Waals surface area (Å²) in [5, 5.41) is 0.771. The molecule has 0 radical (unpaired) electrons. The van der Waals surface area contributed by atoms with Crippen molar-refractivity contribution in [2.24, 2.45) is 5.73 Å². The number of aromatic nitrogens is 2. The number of nitrogens with two attached hydrogens (primary N) is 1. The Hall–Kier alpha value is -2.34. The molecule has 6 heteroatoms. The Labute approximate surface area is 114 Å². The molecule has 0 spiro atoms. The number of oxazole rings is 1. The quantitative estimate of drug-likeness (QED) is 0.767. The van der Waals surface area contributed by atoms with E-state index in [0.717, 1.165) is 16.6 Å². The Morgan fingerprint density at radius 1 is 1.40 bits per heavy atom. The van der Waals surface area contributed by atoms with Gasteiger partial charge in [0.15, 0.2) is 17.5 Å². The zero-order valence-electron chi connectivity index (χ0n) is 10.9. The third kappa shape index (κ3) is 2.37. The van der Waals surface area contributed by atoms with E-state index in [-0.39, 0.29) is 12.4 Å². The van der Waals surface area contributed by atoms with Gasteiger partial charge in [-0.2, -0.15) is 0 Å². The third-order valence-corrected chi connectivity index (χ3v) is 2.99. The molecule has 3 aromatic rings. The zero-order valence-corrected chi connectivity index (χ0v) is 10.9. The van der Waals surface area contributed by atoms with E-state index in [0.29, 0.717) is 18.1 Å². The van der Waals surface area contributed by atoms with Crippen LogP contribution in [0.4, 0.5) is 4.39 Å². The SMILES string of the molecule is Cc1nc(COc2cc3[nH]c(CN)cc3cc2F)co1. The topological polar surface area (TPSA) is 77.1 Å². The molecule has 0 fully saturated rings. The monoisotopic (exact) mass is 275 g/mol. The molecule has 5 nitrogen and oxygen atoms in total. The van der Waals surface area contributed by atoms with E-state index in [1.54, 1.807) is 13.0 Å². The summed E-state index contributed by atoms with van der Waals surface area (Å²) in [6, 6.07) is 4.87. The average Bonchev–Trinajstić information content (AvgIpc) is 3.01. The zero-order chi connectivity index (χ0) is 14.1. The van der Waals surface area contributed by atoms with Crippen molar-refractivity contribution < 1.29 is 13.5 Å². The van der Waals surface area contributed by atoms with E-state index in [1.807, 2.05) is 6.07 Å². The van der Waals surface area contributed by atoms with Crippen molar-refractivity contribution in [3.63, 3.8) is 0 Å². The fourth-order valence-corrected chi connectivity index (χ4v) is 2.04. The van der Waals surface area contributed by atoms with Crippen LogP contribution in [0.1, 0.15) is 17.3 Å². The van der Waals surface area contributed by atoms with Gasteiger partial charge in [0.05, 0.1) is 0 Å². The van der Waals surface area contributed by atoms with Crippen molar-refractivity contribution in [2.75, 3.05) is 0 Å². The van der Waals surface area contributed by atoms with Gasteiger partial charge in [0, 0.05) is 36.1 Å². The molecule has 3 N–H and O–H groups in total. The van der Waals surface area contributed by atoms with Crippen molar-refractivity contribution in [3.8, 4) is 5.75 Å². The molecule has 1 aromatic carbocycles. The van der Waals surface area contributed by atoms with Crippen LogP contribution in [0.15, 0.2) is 28.9 Å². The Kier molecular flexibility index (Phi) is 3.15. The molecular formula is C14H14FN3O2. The smallest absolute Gasteiger partial charge is 0.191 e. The summed E-state index contributed by atoms with van der Waals surface area (Å²) >= 11 is 0. The van der Waals surface area contributed by atoms with Gasteiger partial charge >= 0.3 is 0 Å². The average molecular weight is 275 g/mol. The van der Waals surface area contributed by atoms with Gasteiger partial charge in [-0.15, -0.1) is 0 Å². The predicted molar refractivity (Wildman–Crippen MR) is 71.7 cm³/mol. The lowest BCUT2D eigenvalue weighted by atomic mass is 10.2. The maximum Gasteiger partial charge on any atom is 0.191 e. The minimum absolute atomic E-state index is 0.157. The highest BCUT2D eigenvalue weighted by atomic mass is 19.1. The molecule has 104 valence electrons. The van der Waals surface area contributed by atoms with E-state index >= 15 is 0 Å². The Morgan fingerprint density at radius 3 is 2.95 bits per heavy atom. The van der Waals surface area contributed by atoms with Crippen LogP contribution in [0.2, 0.25) is 0 Å². The van der Waals surface area contributed by atoms with Crippen LogP contribution in [-0.4, -0.2) is 9.97 Å². The number of hydrogen-bond donors (Lipinski definition) is 2. The summed E-state index contributed by atoms with van der Waals surface area (Å²) in [6.07, 6.45) is 1.49. The molecule has 0 saturated carbocycles. The first kappa shape index (κ1) is 12.7. The maximum absolute atomic E-state index is 13.9. The number of nitrogens with zero attached hydrogens (tertiary/aromatic N) is 1. The second kappa shape index (κ2) is 4.97. The number of hydrogen-bond acceptors (Lipinski definition) is 4. The summed E-state index contributed by atoms with van der Waals surface area (Å²) < 4.78 is 24.4. The minimum atomic E-state index is -0.416. The van der Waals surface area contributed by atoms with Crippen molar-refractivity contribution in [3.05, 3.63) is 47.6 Å². The molecule has 0 amide bonds. The largest absolute Gasteiger partial charge is 0.484 e. The summed E-state index contributed by atoms with van der Waals surface area (Å²) in [5.41, 5.74) is 7.81. The highest BCUT2D eigenvalue weighted by Crippen LogP contribution is 2.26. The summed E-state index contributed by atoms with van der Waals surface area (Å²) in [4.78, 5) is 7.21. The fraction of sp³-hybridized carbons (Fsp3) is 0.214. The standard InChI is InChI=1S/C14H14FN3O2/c1-8-17-11(6-19-8)7-20-14-4-13-9(3-12(14)15)2-10(5-16)18-13/h2-4,6,18H,5,7,16H2,1H3. The van der Waals surface area contributed by atoms with E-state index in [2.05, 4.69) is 9.97 Å². The molecule has 0 aliphatic heterocycles. The molecule has 20 heavy (non-hydrogen) atoms. The van der Waals surface area contributed by atoms with Gasteiger partial charge in [0.1, 0.15) is 18.6 Å². The number of ether oxygens (including phenoxy) is 1. The number of rotatable bonds is 4. The molecular weight excluding hydrogens is 261 g/mol. The second-order valence-corrected chi connectivity index (χ2v) is 4.52. The lowest BCUT2D eigenvalue weighted by molar-refractivity contribution is 0.286. The fourth-order valence-electron chi connectivity index (χ4n) is 2.04. The number of nitrogens with one attached hydrogen (secondary N) is 1. The van der Waals surface area contributed by atoms with Gasteiger partial charge in [-0.25, -0.2) is 9.37 Å². The minimum Gasteiger partial charge on any atom is -0.484 e. The lowest BCUT2D eigenvalue weighted by Gasteiger charge is -2.05. The van der Waals surface area contributed by atoms with Gasteiger partial charge < -0.3 is 19.9 Å². The first-order valence-electron chi connectivity index (χ1n) is 6.20. The third-order valence-electron chi connectivity index (χ3n) is 2.99. The maximum atomic E-state index is 13.9. The van der Waals surface area contributed by atoms with Gasteiger partial charge in [0.2, 0.25) is 0 Å². The first-order valence-corrected chi connectivity index (χ1v) is 6.20. The Balaban J connectivity index is 1.85. The van der Waals surface area contributed by atoms with Crippen molar-refractivity contribution in [1.82, 2.24) is 9.97 Å². The van der Waals surface area contributed by atoms with Gasteiger partial charge in [0.25, 0.3) is 0 Å². The highest BCUT2D eigenvalue weighted by molar-refractivity contribution is 5.82. The van der Waals surface area contributed by atoms with Crippen LogP contribution in [0, 0.1) is 12.7 Å². The molecule has 0 bridgehead atoms. The van der Waals surface area contributed by atoms with Gasteiger partial charge in [-0.05, 0) is 12.1 Å². The molecule has 0 saturated heterocycles. The number of benzene rings is 1. The predicted octanol–water partition coefficient (Wildman–Crippen LogP) is 2.64. The normalized spacial score (nSPS) is 11.2. The van der Waals surface area contributed by atoms with E-state index < -0.39 is 5.82 Å². The molecule has 2 aromatic heterocycles. The number of halogens is 1. The van der Waals surface area contributed by atoms with E-state index in [1.165, 1.54) is 12.3 Å². The van der Waals surface area contributed by atoms with Crippen molar-refractivity contribution in [1.29, 1.82) is 0 Å². The molecule has 0 unspecified atom stereocenters. The molecule has 0 atom stereocenters. The van der Waals surface area contributed by atoms with Gasteiger partial charge in [-0.3, -0.25) is 0 Å². The lowest BCUT2D eigenvalue weighted by Crippen LogP contribution is -1.98. The van der Waals surface area contributed by atoms with Crippen molar-refractivity contribution in [2.45, 2.75) is 20.1 Å². The molecule has 2 heterocycles. The van der Waals surface area contributed by atoms with Gasteiger partial charge in [-0.1, -0.05) is 0 Å². The first-order chi connectivity index (χ1) is 9.65. The highest BCUT2D eigenvalue weighted by Gasteiger charge is 2.09. The second-order valence-electron chi connectivity index (χ2n) is 4.52. The molecule has 0 aliphatic rings. The summed E-state index contributed by atoms with van der Waals surface area (Å²) in [7, 11) is 0. The van der Waals surface area contributed by atoms with Crippen molar-refractivity contribution >= 4 is 10.9 Å². The molecule has 3 rings (SSSR count). The number of aromatic amines is 1. The summed E-state index contributed by atoms with van der Waals surface area (Å²) in [5.74, 6) is 0.306.